The minimum atomic E-state index is 0.290. The lowest BCUT2D eigenvalue weighted by molar-refractivity contribution is 0.622. The topological polar surface area (TPSA) is 24.9 Å². The molecule has 18 heavy (non-hydrogen) atoms. The maximum absolute atomic E-state index is 4.01. The van der Waals surface area contributed by atoms with Crippen molar-refractivity contribution in [2.24, 2.45) is 0 Å². The molecule has 2 rings (SSSR count). The minimum absolute atomic E-state index is 0.290. The number of benzene rings is 1. The van der Waals surface area contributed by atoms with Crippen molar-refractivity contribution in [3.05, 3.63) is 66.0 Å². The summed E-state index contributed by atoms with van der Waals surface area (Å²) in [6, 6.07) is 14.3. The largest absolute Gasteiger partial charge is 0.300 e. The molecule has 0 aliphatic rings. The molecule has 2 aromatic rings. The predicted molar refractivity (Wildman–Crippen MR) is 74.0 cm³/mol. The number of nitrogens with zero attached hydrogens (tertiary/aromatic N) is 1. The van der Waals surface area contributed by atoms with Crippen LogP contribution in [0, 0.1) is 11.8 Å². The zero-order valence-electron chi connectivity index (χ0n) is 10.4. The van der Waals surface area contributed by atoms with Crippen LogP contribution in [0.4, 0.5) is 0 Å². The molecule has 0 radical (unpaired) electrons. The molecule has 1 aromatic carbocycles. The predicted octanol–water partition coefficient (Wildman–Crippen LogP) is 2.78. The Morgan fingerprint density at radius 3 is 2.56 bits per heavy atom. The second-order valence-corrected chi connectivity index (χ2v) is 4.05. The van der Waals surface area contributed by atoms with Crippen LogP contribution in [-0.4, -0.2) is 11.5 Å². The number of rotatable bonds is 3. The Bertz CT molecular complexity index is 523. The van der Waals surface area contributed by atoms with Gasteiger partial charge >= 0.3 is 0 Å². The Kier molecular flexibility index (Phi) is 4.52. The van der Waals surface area contributed by atoms with Gasteiger partial charge in [0.05, 0.1) is 6.54 Å². The van der Waals surface area contributed by atoms with E-state index in [1.165, 1.54) is 5.56 Å². The van der Waals surface area contributed by atoms with E-state index < -0.39 is 0 Å². The van der Waals surface area contributed by atoms with Crippen molar-refractivity contribution in [3.8, 4) is 11.8 Å². The molecular weight excluding hydrogens is 220 g/mol. The van der Waals surface area contributed by atoms with Crippen LogP contribution >= 0.6 is 0 Å². The molecule has 1 aromatic heterocycles. The minimum Gasteiger partial charge on any atom is -0.300 e. The van der Waals surface area contributed by atoms with Gasteiger partial charge in [0.15, 0.2) is 0 Å². The van der Waals surface area contributed by atoms with E-state index in [0.717, 1.165) is 5.56 Å². The molecule has 0 bridgehead atoms. The lowest BCUT2D eigenvalue weighted by atomic mass is 10.1. The van der Waals surface area contributed by atoms with E-state index in [0.29, 0.717) is 6.54 Å². The maximum atomic E-state index is 4.01. The van der Waals surface area contributed by atoms with E-state index in [1.807, 2.05) is 54.9 Å². The highest BCUT2D eigenvalue weighted by Crippen LogP contribution is 2.09. The summed E-state index contributed by atoms with van der Waals surface area (Å²) in [5, 5.41) is 3.37. The standard InChI is InChI=1S/C16H16N2/c1-14(16-9-12-17-13-10-16)18-11-5-8-15-6-3-2-4-7-15/h2-4,6-7,9-10,12-14,18H,11H2,1H3/t14-/m1/s1. The first kappa shape index (κ1) is 12.3. The van der Waals surface area contributed by atoms with Gasteiger partial charge in [-0.1, -0.05) is 30.0 Å². The van der Waals surface area contributed by atoms with Gasteiger partial charge in [0.25, 0.3) is 0 Å². The van der Waals surface area contributed by atoms with Gasteiger partial charge in [0, 0.05) is 24.0 Å². The third-order valence-electron chi connectivity index (χ3n) is 2.71. The summed E-state index contributed by atoms with van der Waals surface area (Å²) in [5.74, 6) is 6.25. The van der Waals surface area contributed by atoms with Crippen molar-refractivity contribution in [1.29, 1.82) is 0 Å². The molecule has 90 valence electrons. The maximum Gasteiger partial charge on any atom is 0.0584 e. The first-order valence-corrected chi connectivity index (χ1v) is 6.03. The average Bonchev–Trinajstić information content (AvgIpc) is 2.45. The number of pyridine rings is 1. The van der Waals surface area contributed by atoms with Crippen LogP contribution in [0.5, 0.6) is 0 Å². The van der Waals surface area contributed by atoms with Gasteiger partial charge < -0.3 is 0 Å². The summed E-state index contributed by atoms with van der Waals surface area (Å²) >= 11 is 0. The molecule has 2 nitrogen and oxygen atoms in total. The number of aromatic nitrogens is 1. The van der Waals surface area contributed by atoms with Crippen LogP contribution in [0.1, 0.15) is 24.1 Å². The molecule has 0 amide bonds. The average molecular weight is 236 g/mol. The number of hydrogen-bond donors (Lipinski definition) is 1. The highest BCUT2D eigenvalue weighted by molar-refractivity contribution is 5.33. The molecule has 0 fully saturated rings. The molecule has 0 saturated heterocycles. The van der Waals surface area contributed by atoms with Crippen molar-refractivity contribution in [2.75, 3.05) is 6.54 Å². The van der Waals surface area contributed by atoms with E-state index >= 15 is 0 Å². The monoisotopic (exact) mass is 236 g/mol. The molecule has 1 atom stereocenters. The van der Waals surface area contributed by atoms with E-state index in [2.05, 4.69) is 29.1 Å². The fourth-order valence-corrected chi connectivity index (χ4v) is 1.64. The van der Waals surface area contributed by atoms with Gasteiger partial charge in [-0.3, -0.25) is 10.3 Å². The van der Waals surface area contributed by atoms with E-state index in [-0.39, 0.29) is 6.04 Å². The molecule has 0 spiro atoms. The Morgan fingerprint density at radius 2 is 1.83 bits per heavy atom. The highest BCUT2D eigenvalue weighted by Gasteiger charge is 2.01. The third kappa shape index (κ3) is 3.73. The lowest BCUT2D eigenvalue weighted by Crippen LogP contribution is -2.18. The summed E-state index contributed by atoms with van der Waals surface area (Å²) < 4.78 is 0. The molecule has 0 aliphatic carbocycles. The van der Waals surface area contributed by atoms with Crippen molar-refractivity contribution < 1.29 is 0 Å². The van der Waals surface area contributed by atoms with Crippen molar-refractivity contribution in [1.82, 2.24) is 10.3 Å². The molecule has 0 aliphatic heterocycles. The van der Waals surface area contributed by atoms with Gasteiger partial charge in [-0.05, 0) is 36.8 Å². The third-order valence-corrected chi connectivity index (χ3v) is 2.71. The van der Waals surface area contributed by atoms with Crippen LogP contribution in [0.3, 0.4) is 0 Å². The Morgan fingerprint density at radius 1 is 1.11 bits per heavy atom. The van der Waals surface area contributed by atoms with Crippen LogP contribution in [-0.2, 0) is 0 Å². The second kappa shape index (κ2) is 6.58. The zero-order valence-corrected chi connectivity index (χ0v) is 10.4. The molecule has 0 saturated carbocycles. The van der Waals surface area contributed by atoms with Crippen LogP contribution in [0.15, 0.2) is 54.9 Å². The quantitative estimate of drug-likeness (QED) is 0.829. The Balaban J connectivity index is 1.85. The van der Waals surface area contributed by atoms with E-state index in [4.69, 9.17) is 0 Å². The van der Waals surface area contributed by atoms with E-state index in [9.17, 15) is 0 Å². The molecule has 1 heterocycles. The Hall–Kier alpha value is -2.11. The fourth-order valence-electron chi connectivity index (χ4n) is 1.64. The summed E-state index contributed by atoms with van der Waals surface area (Å²) in [6.45, 7) is 2.80. The lowest BCUT2D eigenvalue weighted by Gasteiger charge is -2.11. The van der Waals surface area contributed by atoms with Gasteiger partial charge in [-0.25, -0.2) is 0 Å². The van der Waals surface area contributed by atoms with Crippen molar-refractivity contribution in [3.63, 3.8) is 0 Å². The molecule has 0 unspecified atom stereocenters. The van der Waals surface area contributed by atoms with Gasteiger partial charge in [-0.15, -0.1) is 0 Å². The van der Waals surface area contributed by atoms with E-state index in [1.54, 1.807) is 0 Å². The number of nitrogens with one attached hydrogen (secondary N) is 1. The number of hydrogen-bond acceptors (Lipinski definition) is 2. The van der Waals surface area contributed by atoms with Crippen LogP contribution in [0.25, 0.3) is 0 Å². The summed E-state index contributed by atoms with van der Waals surface area (Å²) in [7, 11) is 0. The fraction of sp³-hybridized carbons (Fsp3) is 0.188. The molecule has 1 N–H and O–H groups in total. The Labute approximate surface area is 108 Å². The smallest absolute Gasteiger partial charge is 0.0584 e. The van der Waals surface area contributed by atoms with Crippen LogP contribution in [0.2, 0.25) is 0 Å². The van der Waals surface area contributed by atoms with Crippen molar-refractivity contribution in [2.45, 2.75) is 13.0 Å². The normalized spacial score (nSPS) is 11.4. The van der Waals surface area contributed by atoms with Gasteiger partial charge in [-0.2, -0.15) is 0 Å². The zero-order chi connectivity index (χ0) is 12.6. The summed E-state index contributed by atoms with van der Waals surface area (Å²) in [5.41, 5.74) is 2.28. The first-order chi connectivity index (χ1) is 8.86. The summed E-state index contributed by atoms with van der Waals surface area (Å²) in [4.78, 5) is 4.01. The first-order valence-electron chi connectivity index (χ1n) is 6.03. The SMILES string of the molecule is C[C@@H](NCC#Cc1ccccc1)c1ccncc1. The molecule has 2 heteroatoms. The van der Waals surface area contributed by atoms with Crippen molar-refractivity contribution >= 4 is 0 Å². The molecular formula is C16H16N2. The van der Waals surface area contributed by atoms with Gasteiger partial charge in [0.2, 0.25) is 0 Å². The second-order valence-electron chi connectivity index (χ2n) is 4.05. The summed E-state index contributed by atoms with van der Waals surface area (Å²) in [6.07, 6.45) is 3.62. The van der Waals surface area contributed by atoms with Crippen LogP contribution < -0.4 is 5.32 Å². The highest BCUT2D eigenvalue weighted by atomic mass is 14.9. The van der Waals surface area contributed by atoms with Gasteiger partial charge in [0.1, 0.15) is 0 Å².